The van der Waals surface area contributed by atoms with E-state index >= 15 is 0 Å². The molecule has 2 rings (SSSR count). The van der Waals surface area contributed by atoms with Crippen molar-refractivity contribution in [2.75, 3.05) is 0 Å². The number of carboxylic acid groups (broad SMARTS) is 1. The van der Waals surface area contributed by atoms with E-state index < -0.39 is 11.6 Å². The van der Waals surface area contributed by atoms with Gasteiger partial charge in [-0.25, -0.2) is 4.79 Å². The van der Waals surface area contributed by atoms with Crippen LogP contribution in [-0.4, -0.2) is 32.1 Å². The molecule has 0 aromatic carbocycles. The van der Waals surface area contributed by atoms with E-state index in [2.05, 4.69) is 15.4 Å². The number of rotatable bonds is 3. The summed E-state index contributed by atoms with van der Waals surface area (Å²) in [5.74, 6) is -0.651. The lowest BCUT2D eigenvalue weighted by atomic mass is 9.94. The highest BCUT2D eigenvalue weighted by Crippen LogP contribution is 2.31. The highest BCUT2D eigenvalue weighted by Gasteiger charge is 2.41. The molecule has 0 bridgehead atoms. The molecule has 6 heteroatoms. The molecule has 0 atom stereocenters. The lowest BCUT2D eigenvalue weighted by molar-refractivity contribution is -0.156. The zero-order valence-corrected chi connectivity index (χ0v) is 8.98. The number of aromatic nitrogens is 3. The summed E-state index contributed by atoms with van der Waals surface area (Å²) in [7, 11) is 0. The zero-order chi connectivity index (χ0) is 11.4. The molecule has 16 heavy (non-hydrogen) atoms. The van der Waals surface area contributed by atoms with Gasteiger partial charge in [-0.15, -0.1) is 5.10 Å². The second-order valence-corrected chi connectivity index (χ2v) is 4.12. The first-order valence-corrected chi connectivity index (χ1v) is 5.51. The van der Waals surface area contributed by atoms with Crippen molar-refractivity contribution in [3.05, 3.63) is 6.20 Å². The van der Waals surface area contributed by atoms with Crippen LogP contribution in [-0.2, 0) is 4.79 Å². The molecule has 0 aliphatic heterocycles. The first-order valence-electron chi connectivity index (χ1n) is 5.51. The average molecular weight is 225 g/mol. The first kappa shape index (κ1) is 10.9. The maximum Gasteiger partial charge on any atom is 0.348 e. The van der Waals surface area contributed by atoms with Crippen molar-refractivity contribution >= 4 is 5.97 Å². The summed E-state index contributed by atoms with van der Waals surface area (Å²) in [4.78, 5) is 11.4. The third-order valence-electron chi connectivity index (χ3n) is 2.99. The van der Waals surface area contributed by atoms with Crippen LogP contribution in [0, 0.1) is 0 Å². The number of aliphatic carboxylic acids is 1. The van der Waals surface area contributed by atoms with Gasteiger partial charge in [-0.05, 0) is 25.7 Å². The molecule has 1 fully saturated rings. The Morgan fingerprint density at radius 2 is 2.06 bits per heavy atom. The van der Waals surface area contributed by atoms with E-state index in [-0.39, 0.29) is 5.88 Å². The second kappa shape index (κ2) is 4.51. The van der Waals surface area contributed by atoms with Crippen LogP contribution in [0.25, 0.3) is 0 Å². The highest BCUT2D eigenvalue weighted by molar-refractivity contribution is 5.77. The van der Waals surface area contributed by atoms with Gasteiger partial charge in [0, 0.05) is 0 Å². The normalized spacial score (nSPS) is 20.0. The Kier molecular flexibility index (Phi) is 3.07. The molecule has 0 saturated heterocycles. The van der Waals surface area contributed by atoms with Gasteiger partial charge in [-0.1, -0.05) is 12.8 Å². The maximum atomic E-state index is 11.4. The van der Waals surface area contributed by atoms with Gasteiger partial charge >= 0.3 is 5.97 Å². The van der Waals surface area contributed by atoms with E-state index in [0.29, 0.717) is 12.8 Å². The molecule has 0 amide bonds. The number of aromatic amines is 1. The van der Waals surface area contributed by atoms with Crippen molar-refractivity contribution in [1.82, 2.24) is 15.4 Å². The molecular formula is C10H15N3O3. The fourth-order valence-corrected chi connectivity index (χ4v) is 2.10. The summed E-state index contributed by atoms with van der Waals surface area (Å²) < 4.78 is 5.52. The van der Waals surface area contributed by atoms with Crippen LogP contribution >= 0.6 is 0 Å². The van der Waals surface area contributed by atoms with E-state index in [0.717, 1.165) is 25.7 Å². The SMILES string of the molecule is O=C(O)C1(Oc2cn[nH]n2)CCCCCC1. The van der Waals surface area contributed by atoms with Crippen LogP contribution in [0.5, 0.6) is 5.88 Å². The fraction of sp³-hybridized carbons (Fsp3) is 0.700. The predicted molar refractivity (Wildman–Crippen MR) is 55.1 cm³/mol. The average Bonchev–Trinajstić information content (AvgIpc) is 2.62. The number of nitrogens with zero attached hydrogens (tertiary/aromatic N) is 2. The third kappa shape index (κ3) is 2.15. The van der Waals surface area contributed by atoms with Gasteiger partial charge in [0.05, 0.1) is 0 Å². The molecular weight excluding hydrogens is 210 g/mol. The number of hydrogen-bond acceptors (Lipinski definition) is 4. The standard InChI is InChI=1S/C10H15N3O3/c14-9(15)10(5-3-1-2-4-6-10)16-8-7-11-13-12-8/h7H,1-6H2,(H,14,15)(H,11,12,13). The molecule has 88 valence electrons. The first-order chi connectivity index (χ1) is 7.73. The van der Waals surface area contributed by atoms with E-state index in [1.807, 2.05) is 0 Å². The summed E-state index contributed by atoms with van der Waals surface area (Å²) in [6.07, 6.45) is 6.36. The Hall–Kier alpha value is -1.59. The topological polar surface area (TPSA) is 88.1 Å². The molecule has 1 aliphatic rings. The number of ether oxygens (including phenoxy) is 1. The van der Waals surface area contributed by atoms with Crippen molar-refractivity contribution in [1.29, 1.82) is 0 Å². The van der Waals surface area contributed by atoms with Crippen LogP contribution in [0.4, 0.5) is 0 Å². The molecule has 1 aliphatic carbocycles. The summed E-state index contributed by atoms with van der Waals surface area (Å²) in [6.45, 7) is 0. The van der Waals surface area contributed by atoms with E-state index in [1.165, 1.54) is 6.20 Å². The molecule has 1 saturated carbocycles. The fourth-order valence-electron chi connectivity index (χ4n) is 2.10. The van der Waals surface area contributed by atoms with Crippen LogP contribution in [0.1, 0.15) is 38.5 Å². The highest BCUT2D eigenvalue weighted by atomic mass is 16.5. The molecule has 2 N–H and O–H groups in total. The Bertz CT molecular complexity index is 342. The molecule has 0 unspecified atom stereocenters. The molecule has 1 aromatic rings. The van der Waals surface area contributed by atoms with Crippen LogP contribution in [0.3, 0.4) is 0 Å². The van der Waals surface area contributed by atoms with Crippen molar-refractivity contribution in [2.45, 2.75) is 44.1 Å². The summed E-state index contributed by atoms with van der Waals surface area (Å²) in [5.41, 5.74) is -1.12. The minimum atomic E-state index is -1.12. The summed E-state index contributed by atoms with van der Waals surface area (Å²) >= 11 is 0. The smallest absolute Gasteiger partial charge is 0.348 e. The number of carboxylic acids is 1. The molecule has 0 radical (unpaired) electrons. The largest absolute Gasteiger partial charge is 0.478 e. The Labute approximate surface area is 93.0 Å². The number of hydrogen-bond donors (Lipinski definition) is 2. The molecule has 1 aromatic heterocycles. The van der Waals surface area contributed by atoms with Gasteiger partial charge in [0.15, 0.2) is 0 Å². The number of H-pyrrole nitrogens is 1. The maximum absolute atomic E-state index is 11.4. The van der Waals surface area contributed by atoms with Gasteiger partial charge in [-0.3, -0.25) is 0 Å². The van der Waals surface area contributed by atoms with Crippen molar-refractivity contribution in [3.63, 3.8) is 0 Å². The number of nitrogens with one attached hydrogen (secondary N) is 1. The van der Waals surface area contributed by atoms with E-state index in [9.17, 15) is 9.90 Å². The van der Waals surface area contributed by atoms with E-state index in [4.69, 9.17) is 4.74 Å². The number of carbonyl (C=O) groups is 1. The third-order valence-corrected chi connectivity index (χ3v) is 2.99. The Balaban J connectivity index is 2.17. The lowest BCUT2D eigenvalue weighted by Crippen LogP contribution is -2.44. The van der Waals surface area contributed by atoms with Gasteiger partial charge in [-0.2, -0.15) is 10.3 Å². The summed E-state index contributed by atoms with van der Waals surface area (Å²) in [5, 5.41) is 19.1. The van der Waals surface area contributed by atoms with Crippen LogP contribution in [0.2, 0.25) is 0 Å². The van der Waals surface area contributed by atoms with Crippen molar-refractivity contribution in [3.8, 4) is 5.88 Å². The predicted octanol–water partition coefficient (Wildman–Crippen LogP) is 1.36. The minimum Gasteiger partial charge on any atom is -0.478 e. The van der Waals surface area contributed by atoms with Crippen LogP contribution in [0.15, 0.2) is 6.20 Å². The van der Waals surface area contributed by atoms with Gasteiger partial charge in [0.25, 0.3) is 5.88 Å². The van der Waals surface area contributed by atoms with Gasteiger partial charge in [0.1, 0.15) is 6.20 Å². The monoisotopic (exact) mass is 225 g/mol. The molecule has 0 spiro atoms. The minimum absolute atomic E-state index is 0.254. The van der Waals surface area contributed by atoms with Gasteiger partial charge < -0.3 is 9.84 Å². The van der Waals surface area contributed by atoms with Crippen molar-refractivity contribution < 1.29 is 14.6 Å². The van der Waals surface area contributed by atoms with E-state index in [1.54, 1.807) is 0 Å². The second-order valence-electron chi connectivity index (χ2n) is 4.12. The van der Waals surface area contributed by atoms with Crippen molar-refractivity contribution in [2.24, 2.45) is 0 Å². The zero-order valence-electron chi connectivity index (χ0n) is 8.98. The Morgan fingerprint density at radius 3 is 2.56 bits per heavy atom. The Morgan fingerprint density at radius 1 is 1.38 bits per heavy atom. The molecule has 6 nitrogen and oxygen atoms in total. The quantitative estimate of drug-likeness (QED) is 0.758. The van der Waals surface area contributed by atoms with Crippen LogP contribution < -0.4 is 4.74 Å². The summed E-state index contributed by atoms with van der Waals surface area (Å²) in [6, 6.07) is 0. The molecule has 1 heterocycles. The van der Waals surface area contributed by atoms with Gasteiger partial charge in [0.2, 0.25) is 5.60 Å². The lowest BCUT2D eigenvalue weighted by Gasteiger charge is -2.27.